The zero-order valence-electron chi connectivity index (χ0n) is 12.5. The van der Waals surface area contributed by atoms with Gasteiger partial charge in [0.25, 0.3) is 0 Å². The number of hydrogen-bond acceptors (Lipinski definition) is 4. The second kappa shape index (κ2) is 5.89. The second-order valence-electron chi connectivity index (χ2n) is 6.14. The first-order valence-electron chi connectivity index (χ1n) is 7.88. The van der Waals surface area contributed by atoms with E-state index >= 15 is 0 Å². The molecule has 0 aromatic carbocycles. The molecule has 1 aliphatic heterocycles. The first-order valence-corrected chi connectivity index (χ1v) is 8.76. The number of hydrogen-bond donors (Lipinski definition) is 0. The molecule has 0 spiro atoms. The lowest BCUT2D eigenvalue weighted by Crippen LogP contribution is -2.48. The van der Waals surface area contributed by atoms with Gasteiger partial charge in [-0.25, -0.2) is 0 Å². The highest BCUT2D eigenvalue weighted by Crippen LogP contribution is 2.48. The summed E-state index contributed by atoms with van der Waals surface area (Å²) >= 11 is 1.80. The van der Waals surface area contributed by atoms with Crippen molar-refractivity contribution in [1.29, 1.82) is 0 Å². The van der Waals surface area contributed by atoms with E-state index in [0.717, 1.165) is 44.9 Å². The zero-order valence-corrected chi connectivity index (χ0v) is 13.3. The largest absolute Gasteiger partial charge is 0.469 e. The zero-order chi connectivity index (χ0) is 14.9. The summed E-state index contributed by atoms with van der Waals surface area (Å²) in [5, 5.41) is 2.12. The molecule has 5 heteroatoms. The molecule has 4 nitrogen and oxygen atoms in total. The Balaban J connectivity index is 1.28. The predicted octanol–water partition coefficient (Wildman–Crippen LogP) is 2.79. The molecule has 1 aliphatic carbocycles. The molecule has 0 bridgehead atoms. The van der Waals surface area contributed by atoms with Crippen LogP contribution in [-0.2, 0) is 11.3 Å². The van der Waals surface area contributed by atoms with E-state index in [0.29, 0.717) is 11.8 Å². The van der Waals surface area contributed by atoms with E-state index in [2.05, 4.69) is 22.4 Å². The number of amides is 1. The summed E-state index contributed by atoms with van der Waals surface area (Å²) < 4.78 is 5.42. The fourth-order valence-corrected chi connectivity index (χ4v) is 4.01. The van der Waals surface area contributed by atoms with Gasteiger partial charge in [-0.05, 0) is 30.0 Å². The summed E-state index contributed by atoms with van der Waals surface area (Å²) in [7, 11) is 0. The SMILES string of the molecule is O=C([C@@H]1C[C@@H]1c1ccco1)N1CCN(Cc2cccs2)CC1. The minimum Gasteiger partial charge on any atom is -0.469 e. The molecule has 4 rings (SSSR count). The Hall–Kier alpha value is -1.59. The maximum atomic E-state index is 12.6. The van der Waals surface area contributed by atoms with Crippen molar-refractivity contribution in [1.82, 2.24) is 9.80 Å². The van der Waals surface area contributed by atoms with Crippen molar-refractivity contribution in [2.45, 2.75) is 18.9 Å². The van der Waals surface area contributed by atoms with Crippen molar-refractivity contribution in [3.8, 4) is 0 Å². The van der Waals surface area contributed by atoms with E-state index in [-0.39, 0.29) is 5.92 Å². The number of thiophene rings is 1. The normalized spacial score (nSPS) is 25.4. The molecule has 0 N–H and O–H groups in total. The van der Waals surface area contributed by atoms with Crippen LogP contribution in [0.4, 0.5) is 0 Å². The second-order valence-corrected chi connectivity index (χ2v) is 7.18. The quantitative estimate of drug-likeness (QED) is 0.870. The Labute approximate surface area is 134 Å². The van der Waals surface area contributed by atoms with Crippen molar-refractivity contribution < 1.29 is 9.21 Å². The van der Waals surface area contributed by atoms with Gasteiger partial charge in [0.05, 0.1) is 6.26 Å². The third kappa shape index (κ3) is 2.83. The molecule has 0 radical (unpaired) electrons. The third-order valence-corrected chi connectivity index (χ3v) is 5.52. The van der Waals surface area contributed by atoms with E-state index < -0.39 is 0 Å². The van der Waals surface area contributed by atoms with Crippen LogP contribution in [0.25, 0.3) is 0 Å². The summed E-state index contributed by atoms with van der Waals surface area (Å²) in [6, 6.07) is 8.16. The molecule has 1 saturated heterocycles. The van der Waals surface area contributed by atoms with Gasteiger partial charge in [0, 0.05) is 49.4 Å². The predicted molar refractivity (Wildman–Crippen MR) is 85.7 cm³/mol. The summed E-state index contributed by atoms with van der Waals surface area (Å²) in [6.45, 7) is 4.67. The highest BCUT2D eigenvalue weighted by Gasteiger charge is 2.47. The fourth-order valence-electron chi connectivity index (χ4n) is 3.27. The van der Waals surface area contributed by atoms with Crippen LogP contribution in [0, 0.1) is 5.92 Å². The standard InChI is InChI=1S/C17H20N2O2S/c20-17(15-11-14(15)16-4-1-9-21-16)19-7-5-18(6-8-19)12-13-3-2-10-22-13/h1-4,9-10,14-15H,5-8,11-12H2/t14-,15+/m0/s1. The Morgan fingerprint density at radius 1 is 1.23 bits per heavy atom. The number of piperazine rings is 1. The van der Waals surface area contributed by atoms with Crippen molar-refractivity contribution in [2.75, 3.05) is 26.2 Å². The molecule has 2 aliphatic rings. The smallest absolute Gasteiger partial charge is 0.226 e. The van der Waals surface area contributed by atoms with Crippen molar-refractivity contribution in [3.63, 3.8) is 0 Å². The Morgan fingerprint density at radius 2 is 2.09 bits per heavy atom. The summed E-state index contributed by atoms with van der Waals surface area (Å²) in [4.78, 5) is 18.4. The molecule has 22 heavy (non-hydrogen) atoms. The van der Waals surface area contributed by atoms with Crippen molar-refractivity contribution in [2.24, 2.45) is 5.92 Å². The van der Waals surface area contributed by atoms with Gasteiger partial charge in [0.2, 0.25) is 5.91 Å². The van der Waals surface area contributed by atoms with E-state index in [4.69, 9.17) is 4.42 Å². The van der Waals surface area contributed by atoms with Crippen LogP contribution in [0.2, 0.25) is 0 Å². The molecule has 0 unspecified atom stereocenters. The van der Waals surface area contributed by atoms with Crippen LogP contribution >= 0.6 is 11.3 Å². The van der Waals surface area contributed by atoms with E-state index in [1.165, 1.54) is 4.88 Å². The summed E-state index contributed by atoms with van der Waals surface area (Å²) in [5.74, 6) is 1.74. The van der Waals surface area contributed by atoms with Gasteiger partial charge in [-0.1, -0.05) is 6.07 Å². The summed E-state index contributed by atoms with van der Waals surface area (Å²) in [5.41, 5.74) is 0. The lowest BCUT2D eigenvalue weighted by Gasteiger charge is -2.34. The van der Waals surface area contributed by atoms with Gasteiger partial charge < -0.3 is 9.32 Å². The maximum absolute atomic E-state index is 12.6. The topological polar surface area (TPSA) is 36.7 Å². The van der Waals surface area contributed by atoms with Crippen LogP contribution in [0.1, 0.15) is 23.0 Å². The molecule has 1 saturated carbocycles. The maximum Gasteiger partial charge on any atom is 0.226 e. The molecule has 2 aromatic heterocycles. The highest BCUT2D eigenvalue weighted by atomic mass is 32.1. The number of nitrogens with zero attached hydrogens (tertiary/aromatic N) is 2. The molecule has 2 aromatic rings. The van der Waals surface area contributed by atoms with E-state index in [1.54, 1.807) is 17.6 Å². The summed E-state index contributed by atoms with van der Waals surface area (Å²) in [6.07, 6.45) is 2.64. The lowest BCUT2D eigenvalue weighted by molar-refractivity contribution is -0.134. The highest BCUT2D eigenvalue weighted by molar-refractivity contribution is 7.09. The molecular formula is C17H20N2O2S. The molecular weight excluding hydrogens is 296 g/mol. The number of furan rings is 1. The Bertz CT molecular complexity index is 615. The lowest BCUT2D eigenvalue weighted by atomic mass is 10.2. The Kier molecular flexibility index (Phi) is 3.76. The monoisotopic (exact) mass is 316 g/mol. The third-order valence-electron chi connectivity index (χ3n) is 4.66. The first kappa shape index (κ1) is 14.0. The average molecular weight is 316 g/mol. The van der Waals surface area contributed by atoms with Crippen LogP contribution in [-0.4, -0.2) is 41.9 Å². The molecule has 116 valence electrons. The number of carbonyl (C=O) groups excluding carboxylic acids is 1. The van der Waals surface area contributed by atoms with Gasteiger partial charge in [-0.3, -0.25) is 9.69 Å². The van der Waals surface area contributed by atoms with Crippen LogP contribution < -0.4 is 0 Å². The number of carbonyl (C=O) groups is 1. The average Bonchev–Trinajstić information content (AvgIpc) is 2.94. The van der Waals surface area contributed by atoms with Gasteiger partial charge >= 0.3 is 0 Å². The van der Waals surface area contributed by atoms with Gasteiger partial charge in [-0.2, -0.15) is 0 Å². The van der Waals surface area contributed by atoms with Crippen LogP contribution in [0.15, 0.2) is 40.3 Å². The molecule has 3 heterocycles. The number of rotatable bonds is 4. The van der Waals surface area contributed by atoms with E-state index in [1.807, 2.05) is 17.0 Å². The minimum atomic E-state index is 0.148. The van der Waals surface area contributed by atoms with Crippen LogP contribution in [0.5, 0.6) is 0 Å². The van der Waals surface area contributed by atoms with Gasteiger partial charge in [-0.15, -0.1) is 11.3 Å². The fraction of sp³-hybridized carbons (Fsp3) is 0.471. The van der Waals surface area contributed by atoms with Crippen molar-refractivity contribution in [3.05, 3.63) is 46.5 Å². The molecule has 2 fully saturated rings. The first-order chi connectivity index (χ1) is 10.8. The molecule has 2 atom stereocenters. The molecule has 1 amide bonds. The van der Waals surface area contributed by atoms with Crippen LogP contribution in [0.3, 0.4) is 0 Å². The van der Waals surface area contributed by atoms with E-state index in [9.17, 15) is 4.79 Å². The minimum absolute atomic E-state index is 0.148. The Morgan fingerprint density at radius 3 is 2.77 bits per heavy atom. The van der Waals surface area contributed by atoms with Crippen molar-refractivity contribution >= 4 is 17.2 Å². The van der Waals surface area contributed by atoms with Gasteiger partial charge in [0.15, 0.2) is 0 Å². The van der Waals surface area contributed by atoms with Gasteiger partial charge in [0.1, 0.15) is 5.76 Å².